The number of hydrogen-bond acceptors (Lipinski definition) is 6. The third-order valence-corrected chi connectivity index (χ3v) is 5.33. The van der Waals surface area contributed by atoms with Crippen LogP contribution in [0.3, 0.4) is 0 Å². The molecule has 1 saturated heterocycles. The van der Waals surface area contributed by atoms with Crippen LogP contribution in [-0.4, -0.2) is 58.1 Å². The fraction of sp³-hybridized carbons (Fsp3) is 0.263. The number of amidine groups is 1. The summed E-state index contributed by atoms with van der Waals surface area (Å²) in [5.74, 6) is -3.01. The minimum atomic E-state index is -1.18. The van der Waals surface area contributed by atoms with Crippen LogP contribution in [0.5, 0.6) is 0 Å². The number of halogens is 4. The minimum Gasteiger partial charge on any atom is -0.350 e. The summed E-state index contributed by atoms with van der Waals surface area (Å²) in [5.41, 5.74) is 7.96. The maximum atomic E-state index is 14.4. The number of anilines is 1. The quantitative estimate of drug-likeness (QED) is 0.236. The number of fused-ring (bicyclic) bond motifs is 1. The number of benzene rings is 2. The standard InChI is InChI=1S/C19H19ClF3N7O/c1-30-6-13(24)14(7-30)26-19-27-16-9(5-12(22)15(23)17(16)28-19)18(29-31)25-8-2-3-11(21)10(20)4-8/h2-5,13-14,31H,6-7,24H2,1H3,(H,25,29)(H2,26,27,28). The minimum absolute atomic E-state index is 0.00485. The summed E-state index contributed by atoms with van der Waals surface area (Å²) >= 11 is 5.76. The van der Waals surface area contributed by atoms with Crippen molar-refractivity contribution in [2.45, 2.75) is 12.1 Å². The molecule has 164 valence electrons. The molecule has 0 bridgehead atoms. The summed E-state index contributed by atoms with van der Waals surface area (Å²) in [7, 11) is 1.92. The zero-order valence-electron chi connectivity index (χ0n) is 16.3. The first-order valence-corrected chi connectivity index (χ1v) is 9.67. The summed E-state index contributed by atoms with van der Waals surface area (Å²) in [5, 5.41) is 12.5. The monoisotopic (exact) mass is 453 g/mol. The van der Waals surface area contributed by atoms with E-state index in [-0.39, 0.29) is 51.2 Å². The molecule has 2 aromatic carbocycles. The van der Waals surface area contributed by atoms with Gasteiger partial charge in [-0.05, 0) is 31.3 Å². The number of aromatic amines is 1. The van der Waals surface area contributed by atoms with Crippen LogP contribution in [-0.2, 0) is 0 Å². The molecule has 0 saturated carbocycles. The van der Waals surface area contributed by atoms with Gasteiger partial charge in [-0.3, -0.25) is 10.7 Å². The fourth-order valence-corrected chi connectivity index (χ4v) is 3.72. The highest BCUT2D eigenvalue weighted by Gasteiger charge is 2.29. The van der Waals surface area contributed by atoms with Crippen LogP contribution in [0.4, 0.5) is 24.8 Å². The summed E-state index contributed by atoms with van der Waals surface area (Å²) in [6, 6.07) is 4.18. The molecule has 4 rings (SSSR count). The Balaban J connectivity index is 1.77. The van der Waals surface area contributed by atoms with Gasteiger partial charge in [0.05, 0.1) is 22.3 Å². The third-order valence-electron chi connectivity index (χ3n) is 5.04. The molecule has 0 amide bonds. The molecule has 6 N–H and O–H groups in total. The lowest BCUT2D eigenvalue weighted by Crippen LogP contribution is -2.39. The summed E-state index contributed by atoms with van der Waals surface area (Å²) < 4.78 is 42.1. The number of rotatable bonds is 4. The van der Waals surface area contributed by atoms with Gasteiger partial charge in [-0.2, -0.15) is 0 Å². The number of hydrogen-bond donors (Lipinski definition) is 5. The molecule has 1 aliphatic rings. The van der Waals surface area contributed by atoms with E-state index in [9.17, 15) is 18.4 Å². The zero-order valence-corrected chi connectivity index (χ0v) is 17.0. The average Bonchev–Trinajstić information content (AvgIpc) is 3.28. The lowest BCUT2D eigenvalue weighted by Gasteiger charge is -2.15. The van der Waals surface area contributed by atoms with Crippen molar-refractivity contribution < 1.29 is 18.4 Å². The third kappa shape index (κ3) is 4.17. The van der Waals surface area contributed by atoms with Gasteiger partial charge in [-0.25, -0.2) is 23.1 Å². The SMILES string of the molecule is CN1CC(N)C(Nc2nc3c(F)c(F)cc(C(=Nc4ccc(F)c(Cl)c4)NO)c3[nH]2)C1. The normalized spacial score (nSPS) is 19.9. The van der Waals surface area contributed by atoms with E-state index in [1.807, 2.05) is 17.4 Å². The highest BCUT2D eigenvalue weighted by atomic mass is 35.5. The Morgan fingerprint density at radius 1 is 1.29 bits per heavy atom. The summed E-state index contributed by atoms with van der Waals surface area (Å²) in [6.45, 7) is 1.33. The second-order valence-corrected chi connectivity index (χ2v) is 7.74. The molecule has 2 atom stereocenters. The number of aromatic nitrogens is 2. The van der Waals surface area contributed by atoms with Gasteiger partial charge in [0.15, 0.2) is 17.5 Å². The number of likely N-dealkylation sites (tertiary alicyclic amines) is 1. The van der Waals surface area contributed by atoms with E-state index < -0.39 is 17.5 Å². The summed E-state index contributed by atoms with van der Waals surface area (Å²) in [4.78, 5) is 13.2. The fourth-order valence-electron chi connectivity index (χ4n) is 3.55. The number of H-pyrrole nitrogens is 1. The van der Waals surface area contributed by atoms with E-state index in [1.165, 1.54) is 12.1 Å². The number of nitrogens with two attached hydrogens (primary N) is 1. The Morgan fingerprint density at radius 2 is 2.06 bits per heavy atom. The van der Waals surface area contributed by atoms with Crippen LogP contribution in [0, 0.1) is 17.5 Å². The maximum absolute atomic E-state index is 14.4. The van der Waals surface area contributed by atoms with Gasteiger partial charge in [0.25, 0.3) is 0 Å². The average molecular weight is 454 g/mol. The van der Waals surface area contributed by atoms with Gasteiger partial charge in [0.1, 0.15) is 11.3 Å². The molecule has 1 aromatic heterocycles. The van der Waals surface area contributed by atoms with E-state index in [0.717, 1.165) is 12.1 Å². The van der Waals surface area contributed by atoms with Gasteiger partial charge in [-0.1, -0.05) is 11.6 Å². The Bertz CT molecular complexity index is 1170. The Hall–Kier alpha value is -2.86. The molecule has 31 heavy (non-hydrogen) atoms. The largest absolute Gasteiger partial charge is 0.350 e. The Labute approximate surface area is 179 Å². The highest BCUT2D eigenvalue weighted by Crippen LogP contribution is 2.27. The van der Waals surface area contributed by atoms with E-state index >= 15 is 0 Å². The molecule has 12 heteroatoms. The molecule has 0 aliphatic carbocycles. The molecule has 2 unspecified atom stereocenters. The molecule has 0 radical (unpaired) electrons. The molecule has 1 fully saturated rings. The molecule has 1 aliphatic heterocycles. The van der Waals surface area contributed by atoms with Crippen LogP contribution in [0.25, 0.3) is 11.0 Å². The number of imidazole rings is 1. The van der Waals surface area contributed by atoms with Gasteiger partial charge < -0.3 is 20.9 Å². The van der Waals surface area contributed by atoms with Crippen LogP contribution in [0.15, 0.2) is 29.3 Å². The van der Waals surface area contributed by atoms with E-state index in [0.29, 0.717) is 13.1 Å². The maximum Gasteiger partial charge on any atom is 0.201 e. The van der Waals surface area contributed by atoms with E-state index in [4.69, 9.17) is 17.3 Å². The Kier molecular flexibility index (Phi) is 5.75. The predicted molar refractivity (Wildman–Crippen MR) is 111 cm³/mol. The molecule has 8 nitrogen and oxygen atoms in total. The number of hydroxylamine groups is 1. The lowest BCUT2D eigenvalue weighted by molar-refractivity contribution is 0.235. The van der Waals surface area contributed by atoms with Crippen LogP contribution < -0.4 is 16.5 Å². The van der Waals surface area contributed by atoms with Crippen molar-refractivity contribution in [3.05, 3.63) is 52.3 Å². The van der Waals surface area contributed by atoms with Gasteiger partial charge >= 0.3 is 0 Å². The van der Waals surface area contributed by atoms with E-state index in [2.05, 4.69) is 20.3 Å². The number of likely N-dealkylation sites (N-methyl/N-ethyl adjacent to an activating group) is 1. The number of aliphatic imine (C=N–C) groups is 1. The smallest absolute Gasteiger partial charge is 0.201 e. The van der Waals surface area contributed by atoms with Crippen molar-refractivity contribution in [2.24, 2.45) is 10.7 Å². The van der Waals surface area contributed by atoms with Gasteiger partial charge in [0, 0.05) is 24.7 Å². The molecule has 2 heterocycles. The van der Waals surface area contributed by atoms with Gasteiger partial charge in [0.2, 0.25) is 5.95 Å². The van der Waals surface area contributed by atoms with Crippen molar-refractivity contribution in [3.8, 4) is 0 Å². The second-order valence-electron chi connectivity index (χ2n) is 7.34. The van der Waals surface area contributed by atoms with Crippen molar-refractivity contribution in [2.75, 3.05) is 25.5 Å². The van der Waals surface area contributed by atoms with Crippen molar-refractivity contribution >= 4 is 40.1 Å². The second kappa shape index (κ2) is 8.35. The number of nitrogens with one attached hydrogen (secondary N) is 3. The lowest BCUT2D eigenvalue weighted by atomic mass is 10.1. The molecular weight excluding hydrogens is 435 g/mol. The summed E-state index contributed by atoms with van der Waals surface area (Å²) in [6.07, 6.45) is 0. The zero-order chi connectivity index (χ0) is 22.3. The molecule has 3 aromatic rings. The predicted octanol–water partition coefficient (Wildman–Crippen LogP) is 2.74. The van der Waals surface area contributed by atoms with Crippen molar-refractivity contribution in [1.82, 2.24) is 20.3 Å². The first kappa shape index (κ1) is 21.4. The number of nitrogens with zero attached hydrogens (tertiary/aromatic N) is 3. The van der Waals surface area contributed by atoms with Gasteiger partial charge in [-0.15, -0.1) is 0 Å². The highest BCUT2D eigenvalue weighted by molar-refractivity contribution is 6.31. The first-order chi connectivity index (χ1) is 14.8. The molecule has 0 spiro atoms. The Morgan fingerprint density at radius 3 is 2.71 bits per heavy atom. The molecular formula is C19H19ClF3N7O. The first-order valence-electron chi connectivity index (χ1n) is 9.29. The topological polar surface area (TPSA) is 115 Å². The van der Waals surface area contributed by atoms with Crippen molar-refractivity contribution in [1.29, 1.82) is 0 Å². The van der Waals surface area contributed by atoms with Crippen LogP contribution >= 0.6 is 11.6 Å². The van der Waals surface area contributed by atoms with E-state index in [1.54, 1.807) is 0 Å². The van der Waals surface area contributed by atoms with Crippen molar-refractivity contribution in [3.63, 3.8) is 0 Å². The van der Waals surface area contributed by atoms with Crippen LogP contribution in [0.1, 0.15) is 5.56 Å². The van der Waals surface area contributed by atoms with Crippen LogP contribution in [0.2, 0.25) is 5.02 Å².